The number of methoxy groups -OCH3 is 1. The van der Waals surface area contributed by atoms with Gasteiger partial charge in [0.1, 0.15) is 24.1 Å². The third kappa shape index (κ3) is 6.60. The van der Waals surface area contributed by atoms with Crippen molar-refractivity contribution in [1.29, 1.82) is 0 Å². The number of Topliss-reactive ketones (excluding diaryl/α,β-unsaturated/α-hetero) is 1. The molecule has 190 valence electrons. The van der Waals surface area contributed by atoms with E-state index in [9.17, 15) is 24.3 Å². The van der Waals surface area contributed by atoms with Crippen molar-refractivity contribution in [2.24, 2.45) is 11.8 Å². The van der Waals surface area contributed by atoms with Gasteiger partial charge in [0.25, 0.3) is 5.91 Å². The number of nitrogens with one attached hydrogen (secondary N) is 4. The molecule has 1 fully saturated rings. The lowest BCUT2D eigenvalue weighted by atomic mass is 9.95. The van der Waals surface area contributed by atoms with Crippen molar-refractivity contribution < 1.29 is 29.0 Å². The number of H-pyrrole nitrogens is 1. The smallest absolute Gasteiger partial charge is 0.268 e. The van der Waals surface area contributed by atoms with Crippen LogP contribution >= 0.6 is 0 Å². The number of aliphatic hydroxyl groups excluding tert-OH is 1. The van der Waals surface area contributed by atoms with Gasteiger partial charge in [0.15, 0.2) is 5.78 Å². The minimum Gasteiger partial charge on any atom is -0.496 e. The molecule has 3 atom stereocenters. The lowest BCUT2D eigenvalue weighted by Gasteiger charge is -2.24. The number of rotatable bonds is 12. The number of benzene rings is 1. The second-order valence-corrected chi connectivity index (χ2v) is 9.30. The predicted molar refractivity (Wildman–Crippen MR) is 130 cm³/mol. The summed E-state index contributed by atoms with van der Waals surface area (Å²) < 4.78 is 5.35. The number of fused-ring (bicyclic) bond motifs is 1. The standard InChI is InChI=1S/C25H34N4O6/c1-14(2)7-8-18(24(33)29-19(21(31)13-30)11-15-9-10-26-23(15)32)28-25(34)20-12-16-17(27-20)5-4-6-22(16)35-3/h4-6,12,14-15,18-19,27,30H,7-11,13H2,1-3H3,(H,26,32)(H,28,34)(H,29,33)/t15-,18+,19-/m0/s1. The van der Waals surface area contributed by atoms with Crippen LogP contribution in [0.25, 0.3) is 10.9 Å². The van der Waals surface area contributed by atoms with E-state index in [0.29, 0.717) is 31.6 Å². The summed E-state index contributed by atoms with van der Waals surface area (Å²) in [5.41, 5.74) is 0.999. The summed E-state index contributed by atoms with van der Waals surface area (Å²) in [6.45, 7) is 3.79. The van der Waals surface area contributed by atoms with Crippen molar-refractivity contribution in [3.63, 3.8) is 0 Å². The Kier molecular flexibility index (Phi) is 8.86. The maximum absolute atomic E-state index is 13.2. The Morgan fingerprint density at radius 2 is 1.94 bits per heavy atom. The Bertz CT molecular complexity index is 1080. The molecule has 10 heteroatoms. The Morgan fingerprint density at radius 3 is 2.57 bits per heavy atom. The van der Waals surface area contributed by atoms with Gasteiger partial charge in [-0.15, -0.1) is 0 Å². The number of aromatic nitrogens is 1. The Labute approximate surface area is 204 Å². The number of amides is 3. The summed E-state index contributed by atoms with van der Waals surface area (Å²) in [6.07, 6.45) is 1.69. The summed E-state index contributed by atoms with van der Waals surface area (Å²) in [5.74, 6) is -1.25. The largest absolute Gasteiger partial charge is 0.496 e. The summed E-state index contributed by atoms with van der Waals surface area (Å²) in [6, 6.07) is 5.17. The van der Waals surface area contributed by atoms with Gasteiger partial charge in [-0.3, -0.25) is 19.2 Å². The quantitative estimate of drug-likeness (QED) is 0.305. The van der Waals surface area contributed by atoms with Gasteiger partial charge in [0.05, 0.1) is 13.2 Å². The average molecular weight is 487 g/mol. The minimum atomic E-state index is -1.02. The number of carbonyl (C=O) groups is 4. The number of aliphatic hydroxyl groups is 1. The summed E-state index contributed by atoms with van der Waals surface area (Å²) >= 11 is 0. The molecule has 0 aliphatic carbocycles. The van der Waals surface area contributed by atoms with Gasteiger partial charge in [-0.25, -0.2) is 0 Å². The molecule has 2 heterocycles. The first-order valence-corrected chi connectivity index (χ1v) is 11.9. The van der Waals surface area contributed by atoms with Crippen LogP contribution in [0.4, 0.5) is 0 Å². The van der Waals surface area contributed by atoms with Gasteiger partial charge >= 0.3 is 0 Å². The van der Waals surface area contributed by atoms with Crippen LogP contribution in [0.5, 0.6) is 5.75 Å². The molecule has 1 aliphatic heterocycles. The fourth-order valence-corrected chi connectivity index (χ4v) is 4.24. The normalized spacial score (nSPS) is 17.2. The lowest BCUT2D eigenvalue weighted by Crippen LogP contribution is -2.52. The molecule has 1 aromatic carbocycles. The monoisotopic (exact) mass is 486 g/mol. The molecule has 10 nitrogen and oxygen atoms in total. The van der Waals surface area contributed by atoms with Crippen LogP contribution in [0.15, 0.2) is 24.3 Å². The van der Waals surface area contributed by atoms with E-state index in [0.717, 1.165) is 10.9 Å². The number of ketones is 1. The first kappa shape index (κ1) is 26.2. The second-order valence-electron chi connectivity index (χ2n) is 9.30. The highest BCUT2D eigenvalue weighted by Crippen LogP contribution is 2.26. The van der Waals surface area contributed by atoms with Crippen LogP contribution in [0.2, 0.25) is 0 Å². The van der Waals surface area contributed by atoms with Crippen molar-refractivity contribution in [3.05, 3.63) is 30.0 Å². The zero-order chi connectivity index (χ0) is 25.5. The first-order valence-electron chi connectivity index (χ1n) is 11.9. The van der Waals surface area contributed by atoms with E-state index in [1.54, 1.807) is 25.3 Å². The molecule has 3 amide bonds. The second kappa shape index (κ2) is 11.8. The van der Waals surface area contributed by atoms with Gasteiger partial charge in [-0.1, -0.05) is 19.9 Å². The fraction of sp³-hybridized carbons (Fsp3) is 0.520. The van der Waals surface area contributed by atoms with Gasteiger partial charge in [0, 0.05) is 23.4 Å². The van der Waals surface area contributed by atoms with Crippen LogP contribution in [0.1, 0.15) is 50.0 Å². The molecule has 3 rings (SSSR count). The highest BCUT2D eigenvalue weighted by molar-refractivity contribution is 6.02. The van der Waals surface area contributed by atoms with Gasteiger partial charge in [0.2, 0.25) is 11.8 Å². The molecule has 0 bridgehead atoms. The number of hydrogen-bond donors (Lipinski definition) is 5. The Hall–Kier alpha value is -3.40. The topological polar surface area (TPSA) is 150 Å². The van der Waals surface area contributed by atoms with E-state index in [1.807, 2.05) is 19.9 Å². The fourth-order valence-electron chi connectivity index (χ4n) is 4.24. The van der Waals surface area contributed by atoms with Crippen molar-refractivity contribution in [2.45, 2.75) is 51.6 Å². The molecule has 1 aliphatic rings. The van der Waals surface area contributed by atoms with E-state index in [2.05, 4.69) is 20.9 Å². The van der Waals surface area contributed by atoms with Crippen LogP contribution < -0.4 is 20.7 Å². The molecular formula is C25H34N4O6. The maximum atomic E-state index is 13.2. The van der Waals surface area contributed by atoms with Crippen molar-refractivity contribution in [1.82, 2.24) is 20.9 Å². The van der Waals surface area contributed by atoms with Crippen molar-refractivity contribution in [2.75, 3.05) is 20.3 Å². The van der Waals surface area contributed by atoms with Gasteiger partial charge < -0.3 is 30.8 Å². The number of carbonyl (C=O) groups excluding carboxylic acids is 4. The first-order chi connectivity index (χ1) is 16.7. The molecule has 5 N–H and O–H groups in total. The molecule has 1 saturated heterocycles. The van der Waals surface area contributed by atoms with E-state index in [4.69, 9.17) is 4.74 Å². The molecule has 2 aromatic rings. The zero-order valence-electron chi connectivity index (χ0n) is 20.3. The van der Waals surface area contributed by atoms with Crippen LogP contribution in [-0.2, 0) is 14.4 Å². The van der Waals surface area contributed by atoms with Crippen molar-refractivity contribution in [3.8, 4) is 5.75 Å². The van der Waals surface area contributed by atoms with Crippen LogP contribution in [0, 0.1) is 11.8 Å². The zero-order valence-corrected chi connectivity index (χ0v) is 20.3. The maximum Gasteiger partial charge on any atom is 0.268 e. The SMILES string of the molecule is COc1cccc2[nH]c(C(=O)N[C@H](CCC(C)C)C(=O)N[C@@H](C[C@@H]3CCNC3=O)C(=O)CO)cc12. The highest BCUT2D eigenvalue weighted by Gasteiger charge is 2.33. The third-order valence-corrected chi connectivity index (χ3v) is 6.29. The molecule has 1 aromatic heterocycles. The predicted octanol–water partition coefficient (Wildman–Crippen LogP) is 1.28. The van der Waals surface area contributed by atoms with Gasteiger partial charge in [-0.05, 0) is 49.8 Å². The van der Waals surface area contributed by atoms with E-state index < -0.39 is 42.2 Å². The molecule has 35 heavy (non-hydrogen) atoms. The molecular weight excluding hydrogens is 452 g/mol. The van der Waals surface area contributed by atoms with E-state index >= 15 is 0 Å². The molecule has 0 radical (unpaired) electrons. The number of hydrogen-bond acceptors (Lipinski definition) is 6. The summed E-state index contributed by atoms with van der Waals surface area (Å²) in [5, 5.41) is 18.3. The van der Waals surface area contributed by atoms with Crippen molar-refractivity contribution >= 4 is 34.4 Å². The molecule has 0 unspecified atom stereocenters. The van der Waals surface area contributed by atoms with E-state index in [-0.39, 0.29) is 23.9 Å². The Morgan fingerprint density at radius 1 is 1.17 bits per heavy atom. The molecule has 0 saturated carbocycles. The van der Waals surface area contributed by atoms with Crippen LogP contribution in [-0.4, -0.2) is 65.9 Å². The lowest BCUT2D eigenvalue weighted by molar-refractivity contribution is -0.131. The minimum absolute atomic E-state index is 0.101. The third-order valence-electron chi connectivity index (χ3n) is 6.29. The Balaban J connectivity index is 1.76. The average Bonchev–Trinajstić information content (AvgIpc) is 3.46. The number of ether oxygens (including phenoxy) is 1. The molecule has 0 spiro atoms. The highest BCUT2D eigenvalue weighted by atomic mass is 16.5. The van der Waals surface area contributed by atoms with Gasteiger partial charge in [-0.2, -0.15) is 0 Å². The van der Waals surface area contributed by atoms with Crippen LogP contribution in [0.3, 0.4) is 0 Å². The number of aromatic amines is 1. The summed E-state index contributed by atoms with van der Waals surface area (Å²) in [7, 11) is 1.55. The summed E-state index contributed by atoms with van der Waals surface area (Å²) in [4.78, 5) is 53.6. The van der Waals surface area contributed by atoms with E-state index in [1.165, 1.54) is 0 Å².